The molecule has 1 rings (SSSR count). The fourth-order valence-corrected chi connectivity index (χ4v) is 2.57. The highest BCUT2D eigenvalue weighted by Crippen LogP contribution is 2.19. The van der Waals surface area contributed by atoms with Crippen LogP contribution in [0.4, 0.5) is 0 Å². The molecule has 1 fully saturated rings. The quantitative estimate of drug-likeness (QED) is 0.702. The van der Waals surface area contributed by atoms with Crippen LogP contribution in [0.3, 0.4) is 0 Å². The van der Waals surface area contributed by atoms with Crippen molar-refractivity contribution in [3.8, 4) is 0 Å². The predicted octanol–water partition coefficient (Wildman–Crippen LogP) is 1.10. The molecular weight excluding hydrogens is 214 g/mol. The molecule has 0 bridgehead atoms. The molecule has 2 unspecified atom stereocenters. The number of carbonyl (C=O) groups excluding carboxylic acids is 1. The van der Waals surface area contributed by atoms with Crippen molar-refractivity contribution >= 4 is 5.91 Å². The maximum atomic E-state index is 11.4. The third-order valence-corrected chi connectivity index (χ3v) is 3.62. The van der Waals surface area contributed by atoms with Gasteiger partial charge in [-0.05, 0) is 38.8 Å². The van der Waals surface area contributed by atoms with Crippen LogP contribution in [0, 0.1) is 0 Å². The lowest BCUT2D eigenvalue weighted by Gasteiger charge is -2.37. The lowest BCUT2D eigenvalue weighted by Crippen LogP contribution is -2.52. The molecule has 0 aliphatic carbocycles. The number of carbonyl (C=O) groups is 1. The Bertz CT molecular complexity index is 233. The van der Waals surface area contributed by atoms with Gasteiger partial charge in [0, 0.05) is 12.6 Å². The monoisotopic (exact) mass is 241 g/mol. The Morgan fingerprint density at radius 3 is 2.82 bits per heavy atom. The largest absolute Gasteiger partial charge is 0.368 e. The number of hydrogen-bond acceptors (Lipinski definition) is 3. The fraction of sp³-hybridized carbons (Fsp3) is 0.923. The molecule has 17 heavy (non-hydrogen) atoms. The molecule has 2 atom stereocenters. The van der Waals surface area contributed by atoms with E-state index in [4.69, 9.17) is 5.73 Å². The highest BCUT2D eigenvalue weighted by Gasteiger charge is 2.25. The summed E-state index contributed by atoms with van der Waals surface area (Å²) in [7, 11) is 0. The van der Waals surface area contributed by atoms with E-state index in [1.54, 1.807) is 0 Å². The topological polar surface area (TPSA) is 58.4 Å². The molecule has 0 aromatic rings. The van der Waals surface area contributed by atoms with Gasteiger partial charge in [-0.3, -0.25) is 9.69 Å². The SMILES string of the molecule is CCCNC(CN1CCCCC1CC)C(N)=O. The standard InChI is InChI=1S/C13H27N3O/c1-3-8-15-12(13(14)17)10-16-9-6-5-7-11(16)4-2/h11-12,15H,3-10H2,1-2H3,(H2,14,17). The first-order chi connectivity index (χ1) is 8.19. The summed E-state index contributed by atoms with van der Waals surface area (Å²) in [5.74, 6) is -0.223. The summed E-state index contributed by atoms with van der Waals surface area (Å²) in [4.78, 5) is 13.8. The lowest BCUT2D eigenvalue weighted by molar-refractivity contribution is -0.120. The summed E-state index contributed by atoms with van der Waals surface area (Å²) in [5.41, 5.74) is 5.45. The first-order valence-corrected chi connectivity index (χ1v) is 6.95. The van der Waals surface area contributed by atoms with Gasteiger partial charge < -0.3 is 11.1 Å². The van der Waals surface area contributed by atoms with Gasteiger partial charge in [-0.25, -0.2) is 0 Å². The molecule has 0 radical (unpaired) electrons. The second-order valence-corrected chi connectivity index (χ2v) is 4.96. The molecule has 0 spiro atoms. The smallest absolute Gasteiger partial charge is 0.235 e. The highest BCUT2D eigenvalue weighted by molar-refractivity contribution is 5.80. The molecule has 0 aromatic carbocycles. The summed E-state index contributed by atoms with van der Waals surface area (Å²) in [5, 5.41) is 3.24. The Kier molecular flexibility index (Phi) is 6.52. The molecule has 0 saturated carbocycles. The van der Waals surface area contributed by atoms with Crippen LogP contribution in [0.2, 0.25) is 0 Å². The second kappa shape index (κ2) is 7.67. The van der Waals surface area contributed by atoms with Crippen LogP contribution >= 0.6 is 0 Å². The maximum absolute atomic E-state index is 11.4. The van der Waals surface area contributed by atoms with Crippen LogP contribution in [0.5, 0.6) is 0 Å². The van der Waals surface area contributed by atoms with Crippen molar-refractivity contribution in [2.75, 3.05) is 19.6 Å². The molecule has 4 heteroatoms. The molecule has 1 heterocycles. The van der Waals surface area contributed by atoms with Crippen LogP contribution in [0.25, 0.3) is 0 Å². The third kappa shape index (κ3) is 4.64. The number of likely N-dealkylation sites (tertiary alicyclic amines) is 1. The Morgan fingerprint density at radius 1 is 1.47 bits per heavy atom. The number of primary amides is 1. The van der Waals surface area contributed by atoms with Crippen LogP contribution in [0.15, 0.2) is 0 Å². The first kappa shape index (κ1) is 14.5. The average Bonchev–Trinajstić information content (AvgIpc) is 2.34. The lowest BCUT2D eigenvalue weighted by atomic mass is 9.99. The van der Waals surface area contributed by atoms with E-state index >= 15 is 0 Å². The van der Waals surface area contributed by atoms with E-state index in [1.807, 2.05) is 0 Å². The minimum absolute atomic E-state index is 0.193. The number of hydrogen-bond donors (Lipinski definition) is 2. The van der Waals surface area contributed by atoms with Crippen molar-refractivity contribution in [1.82, 2.24) is 10.2 Å². The van der Waals surface area contributed by atoms with Gasteiger partial charge in [0.25, 0.3) is 0 Å². The second-order valence-electron chi connectivity index (χ2n) is 4.96. The first-order valence-electron chi connectivity index (χ1n) is 6.95. The van der Waals surface area contributed by atoms with Gasteiger partial charge >= 0.3 is 0 Å². The fourth-order valence-electron chi connectivity index (χ4n) is 2.57. The van der Waals surface area contributed by atoms with E-state index in [2.05, 4.69) is 24.1 Å². The van der Waals surface area contributed by atoms with Crippen molar-refractivity contribution < 1.29 is 4.79 Å². The van der Waals surface area contributed by atoms with Gasteiger partial charge in [-0.2, -0.15) is 0 Å². The summed E-state index contributed by atoms with van der Waals surface area (Å²) in [6.07, 6.45) is 6.02. The number of amides is 1. The number of rotatable bonds is 7. The number of nitrogens with one attached hydrogen (secondary N) is 1. The Morgan fingerprint density at radius 2 is 2.24 bits per heavy atom. The molecule has 0 aromatic heterocycles. The maximum Gasteiger partial charge on any atom is 0.235 e. The minimum atomic E-state index is -0.223. The van der Waals surface area contributed by atoms with Crippen LogP contribution in [0.1, 0.15) is 46.0 Å². The molecular formula is C13H27N3O. The van der Waals surface area contributed by atoms with Gasteiger partial charge in [-0.1, -0.05) is 20.3 Å². The molecule has 1 aliphatic heterocycles. The highest BCUT2D eigenvalue weighted by atomic mass is 16.1. The van der Waals surface area contributed by atoms with E-state index in [0.29, 0.717) is 6.04 Å². The van der Waals surface area contributed by atoms with Crippen molar-refractivity contribution in [2.24, 2.45) is 5.73 Å². The zero-order valence-electron chi connectivity index (χ0n) is 11.2. The minimum Gasteiger partial charge on any atom is -0.368 e. The van der Waals surface area contributed by atoms with E-state index in [0.717, 1.165) is 26.1 Å². The Labute approximate surface area is 105 Å². The van der Waals surface area contributed by atoms with Gasteiger partial charge in [0.2, 0.25) is 5.91 Å². The Hall–Kier alpha value is -0.610. The molecule has 4 nitrogen and oxygen atoms in total. The number of piperidine rings is 1. The zero-order valence-corrected chi connectivity index (χ0v) is 11.2. The van der Waals surface area contributed by atoms with Crippen molar-refractivity contribution in [2.45, 2.75) is 58.0 Å². The van der Waals surface area contributed by atoms with Gasteiger partial charge in [0.1, 0.15) is 0 Å². The molecule has 3 N–H and O–H groups in total. The van der Waals surface area contributed by atoms with Gasteiger partial charge in [-0.15, -0.1) is 0 Å². The van der Waals surface area contributed by atoms with E-state index in [1.165, 1.54) is 25.7 Å². The van der Waals surface area contributed by atoms with E-state index in [9.17, 15) is 4.79 Å². The van der Waals surface area contributed by atoms with E-state index in [-0.39, 0.29) is 11.9 Å². The summed E-state index contributed by atoms with van der Waals surface area (Å²) >= 11 is 0. The molecule has 100 valence electrons. The van der Waals surface area contributed by atoms with Crippen LogP contribution in [-0.4, -0.2) is 42.5 Å². The summed E-state index contributed by atoms with van der Waals surface area (Å²) in [6, 6.07) is 0.441. The summed E-state index contributed by atoms with van der Waals surface area (Å²) < 4.78 is 0. The number of nitrogens with zero attached hydrogens (tertiary/aromatic N) is 1. The number of nitrogens with two attached hydrogens (primary N) is 1. The average molecular weight is 241 g/mol. The van der Waals surface area contributed by atoms with Gasteiger partial charge in [0.15, 0.2) is 0 Å². The third-order valence-electron chi connectivity index (χ3n) is 3.62. The van der Waals surface area contributed by atoms with Crippen LogP contribution < -0.4 is 11.1 Å². The summed E-state index contributed by atoms with van der Waals surface area (Å²) in [6.45, 7) is 7.06. The molecule has 1 amide bonds. The van der Waals surface area contributed by atoms with E-state index < -0.39 is 0 Å². The predicted molar refractivity (Wildman–Crippen MR) is 70.8 cm³/mol. The van der Waals surface area contributed by atoms with Gasteiger partial charge in [0.05, 0.1) is 6.04 Å². The Balaban J connectivity index is 2.48. The van der Waals surface area contributed by atoms with Crippen molar-refractivity contribution in [3.63, 3.8) is 0 Å². The normalized spacial score (nSPS) is 23.5. The van der Waals surface area contributed by atoms with Crippen molar-refractivity contribution in [1.29, 1.82) is 0 Å². The van der Waals surface area contributed by atoms with Crippen molar-refractivity contribution in [3.05, 3.63) is 0 Å². The zero-order chi connectivity index (χ0) is 12.7. The van der Waals surface area contributed by atoms with Crippen LogP contribution in [-0.2, 0) is 4.79 Å². The molecule has 1 saturated heterocycles. The molecule has 1 aliphatic rings.